The van der Waals surface area contributed by atoms with Crippen LogP contribution < -0.4 is 15.8 Å². The lowest BCUT2D eigenvalue weighted by Crippen LogP contribution is -2.44. The second-order valence-corrected chi connectivity index (χ2v) is 6.91. The number of esters is 1. The molecular formula is C21H29N3O6. The van der Waals surface area contributed by atoms with Crippen LogP contribution in [0.4, 0.5) is 0 Å². The number of allylic oxidation sites excluding steroid dienone is 3. The Morgan fingerprint density at radius 3 is 2.57 bits per heavy atom. The molecule has 1 aromatic rings. The second kappa shape index (κ2) is 12.3. The summed E-state index contributed by atoms with van der Waals surface area (Å²) in [6, 6.07) is 0.0508. The van der Waals surface area contributed by atoms with Gasteiger partial charge in [0, 0.05) is 12.3 Å². The van der Waals surface area contributed by atoms with E-state index in [4.69, 9.17) is 15.2 Å². The topological polar surface area (TPSA) is 141 Å². The molecule has 0 saturated heterocycles. The minimum Gasteiger partial charge on any atom is -0.503 e. The Kier molecular flexibility index (Phi) is 10.1. The molecule has 0 aliphatic carbocycles. The highest BCUT2D eigenvalue weighted by Crippen LogP contribution is 2.27. The maximum Gasteiger partial charge on any atom is 0.329 e. The van der Waals surface area contributed by atoms with Gasteiger partial charge in [-0.3, -0.25) is 9.59 Å². The van der Waals surface area contributed by atoms with E-state index in [1.807, 2.05) is 20.8 Å². The minimum atomic E-state index is -1.32. The molecule has 1 heterocycles. The van der Waals surface area contributed by atoms with Crippen LogP contribution >= 0.6 is 0 Å². The minimum absolute atomic E-state index is 0.00667. The number of primary amides is 1. The number of carbonyl (C=O) groups excluding carboxylic acids is 3. The Hall–Kier alpha value is -3.36. The molecule has 1 aromatic heterocycles. The van der Waals surface area contributed by atoms with Crippen LogP contribution in [0.25, 0.3) is 0 Å². The van der Waals surface area contributed by atoms with E-state index in [9.17, 15) is 19.5 Å². The van der Waals surface area contributed by atoms with E-state index < -0.39 is 36.0 Å². The second-order valence-electron chi connectivity index (χ2n) is 6.91. The fourth-order valence-corrected chi connectivity index (χ4v) is 2.45. The highest BCUT2D eigenvalue weighted by molar-refractivity contribution is 5.98. The summed E-state index contributed by atoms with van der Waals surface area (Å²) in [6.45, 7) is 5.96. The van der Waals surface area contributed by atoms with Crippen molar-refractivity contribution in [3.05, 3.63) is 41.3 Å². The van der Waals surface area contributed by atoms with Crippen LogP contribution in [0.5, 0.6) is 11.5 Å². The molecular weight excluding hydrogens is 390 g/mol. The first-order valence-electron chi connectivity index (χ1n) is 9.42. The molecule has 1 unspecified atom stereocenters. The van der Waals surface area contributed by atoms with Gasteiger partial charge in [-0.25, -0.2) is 9.78 Å². The molecule has 9 nitrogen and oxygen atoms in total. The number of nitrogens with zero attached hydrogens (tertiary/aromatic N) is 1. The van der Waals surface area contributed by atoms with Crippen LogP contribution in [0.15, 0.2) is 35.6 Å². The van der Waals surface area contributed by atoms with Gasteiger partial charge in [0.15, 0.2) is 17.2 Å². The number of hydrogen-bond acceptors (Lipinski definition) is 7. The summed E-state index contributed by atoms with van der Waals surface area (Å²) in [5, 5.41) is 12.4. The molecule has 2 amide bonds. The smallest absolute Gasteiger partial charge is 0.329 e. The Morgan fingerprint density at radius 2 is 1.97 bits per heavy atom. The molecule has 30 heavy (non-hydrogen) atoms. The van der Waals surface area contributed by atoms with Gasteiger partial charge >= 0.3 is 5.97 Å². The number of nitrogens with one attached hydrogen (secondary N) is 1. The zero-order valence-corrected chi connectivity index (χ0v) is 17.7. The van der Waals surface area contributed by atoms with E-state index in [2.05, 4.69) is 16.4 Å². The molecule has 0 saturated carbocycles. The quantitative estimate of drug-likeness (QED) is 0.368. The Labute approximate surface area is 176 Å². The number of pyridine rings is 1. The zero-order chi connectivity index (χ0) is 22.7. The number of rotatable bonds is 11. The van der Waals surface area contributed by atoms with E-state index in [0.717, 1.165) is 18.4 Å². The maximum atomic E-state index is 12.4. The van der Waals surface area contributed by atoms with Crippen LogP contribution in [0.2, 0.25) is 0 Å². The van der Waals surface area contributed by atoms with Crippen molar-refractivity contribution in [3.63, 3.8) is 0 Å². The first-order chi connectivity index (χ1) is 14.1. The number of ether oxygens (including phenoxy) is 2. The molecule has 1 atom stereocenters. The van der Waals surface area contributed by atoms with E-state index in [0.29, 0.717) is 0 Å². The molecule has 4 N–H and O–H groups in total. The van der Waals surface area contributed by atoms with E-state index in [1.54, 1.807) is 6.08 Å². The number of amides is 2. The van der Waals surface area contributed by atoms with Crippen LogP contribution in [0.3, 0.4) is 0 Å². The number of methoxy groups -OCH3 is 1. The Balaban J connectivity index is 2.77. The van der Waals surface area contributed by atoms with Gasteiger partial charge in [-0.2, -0.15) is 0 Å². The van der Waals surface area contributed by atoms with Gasteiger partial charge in [0.05, 0.1) is 13.5 Å². The largest absolute Gasteiger partial charge is 0.503 e. The fraction of sp³-hybridized carbons (Fsp3) is 0.429. The summed E-state index contributed by atoms with van der Waals surface area (Å²) in [5.74, 6) is -2.94. The lowest BCUT2D eigenvalue weighted by Gasteiger charge is -2.16. The van der Waals surface area contributed by atoms with Crippen LogP contribution in [-0.2, 0) is 14.3 Å². The Morgan fingerprint density at radius 1 is 1.27 bits per heavy atom. The monoisotopic (exact) mass is 419 g/mol. The van der Waals surface area contributed by atoms with Gasteiger partial charge in [0.1, 0.15) is 12.6 Å². The predicted molar refractivity (Wildman–Crippen MR) is 111 cm³/mol. The molecule has 0 aliphatic rings. The summed E-state index contributed by atoms with van der Waals surface area (Å²) >= 11 is 0. The van der Waals surface area contributed by atoms with Crippen molar-refractivity contribution in [1.82, 2.24) is 10.3 Å². The van der Waals surface area contributed by atoms with Gasteiger partial charge in [-0.15, -0.1) is 0 Å². The van der Waals surface area contributed by atoms with Crippen molar-refractivity contribution < 1.29 is 29.0 Å². The first-order valence-corrected chi connectivity index (χ1v) is 9.42. The Bertz CT molecular complexity index is 828. The summed E-state index contributed by atoms with van der Waals surface area (Å²) in [7, 11) is 1.32. The number of nitrogens with two attached hydrogens (primary N) is 1. The lowest BCUT2D eigenvalue weighted by atomic mass is 10.1. The summed E-state index contributed by atoms with van der Waals surface area (Å²) in [4.78, 5) is 39.9. The van der Waals surface area contributed by atoms with E-state index >= 15 is 0 Å². The lowest BCUT2D eigenvalue weighted by molar-refractivity contribution is -0.146. The third kappa shape index (κ3) is 8.34. The van der Waals surface area contributed by atoms with Crippen LogP contribution in [-0.4, -0.2) is 47.6 Å². The fourth-order valence-electron chi connectivity index (χ4n) is 2.45. The van der Waals surface area contributed by atoms with Crippen molar-refractivity contribution in [2.75, 3.05) is 13.7 Å². The highest BCUT2D eigenvalue weighted by Gasteiger charge is 2.27. The summed E-state index contributed by atoms with van der Waals surface area (Å²) in [6.07, 6.45) is 6.39. The van der Waals surface area contributed by atoms with Gasteiger partial charge in [-0.1, -0.05) is 17.2 Å². The van der Waals surface area contributed by atoms with Crippen molar-refractivity contribution in [1.29, 1.82) is 0 Å². The van der Waals surface area contributed by atoms with E-state index in [-0.39, 0.29) is 18.1 Å². The third-order valence-corrected chi connectivity index (χ3v) is 4.07. The first kappa shape index (κ1) is 24.7. The summed E-state index contributed by atoms with van der Waals surface area (Å²) in [5.41, 5.74) is 7.10. The van der Waals surface area contributed by atoms with Crippen molar-refractivity contribution in [3.8, 4) is 11.5 Å². The van der Waals surface area contributed by atoms with Crippen molar-refractivity contribution in [2.24, 2.45) is 5.73 Å². The van der Waals surface area contributed by atoms with Crippen LogP contribution in [0, 0.1) is 0 Å². The van der Waals surface area contributed by atoms with Crippen molar-refractivity contribution >= 4 is 17.8 Å². The molecule has 0 spiro atoms. The number of hydrogen-bond donors (Lipinski definition) is 3. The molecule has 0 bridgehead atoms. The average molecular weight is 419 g/mol. The SMILES string of the molecule is COc1ccnc(C(=O)NC(CC(N)=O)C(=O)OCC=C(C)CCC=C(C)C)c1O. The maximum absolute atomic E-state index is 12.4. The van der Waals surface area contributed by atoms with Gasteiger partial charge in [0.25, 0.3) is 5.91 Å². The molecule has 9 heteroatoms. The van der Waals surface area contributed by atoms with Gasteiger partial charge < -0.3 is 25.6 Å². The molecule has 0 aromatic carbocycles. The van der Waals surface area contributed by atoms with E-state index in [1.165, 1.54) is 24.9 Å². The third-order valence-electron chi connectivity index (χ3n) is 4.07. The molecule has 0 aliphatic heterocycles. The number of aromatic hydroxyl groups is 1. The number of aromatic nitrogens is 1. The molecule has 0 radical (unpaired) electrons. The predicted octanol–water partition coefficient (Wildman–Crippen LogP) is 2.01. The standard InChI is InChI=1S/C21H29N3O6/c1-13(2)6-5-7-14(3)9-11-30-21(28)15(12-17(22)25)24-20(27)18-19(26)16(29-4)8-10-23-18/h6,8-10,15,26H,5,7,11-12H2,1-4H3,(H2,22,25)(H,24,27). The molecule has 0 fully saturated rings. The summed E-state index contributed by atoms with van der Waals surface area (Å²) < 4.78 is 10.1. The average Bonchev–Trinajstić information content (AvgIpc) is 2.66. The molecule has 1 rings (SSSR count). The van der Waals surface area contributed by atoms with Gasteiger partial charge in [0.2, 0.25) is 5.91 Å². The number of carbonyl (C=O) groups is 3. The zero-order valence-electron chi connectivity index (χ0n) is 17.7. The van der Waals surface area contributed by atoms with Gasteiger partial charge in [-0.05, 0) is 39.7 Å². The van der Waals surface area contributed by atoms with Crippen molar-refractivity contribution in [2.45, 2.75) is 46.1 Å². The highest BCUT2D eigenvalue weighted by atomic mass is 16.5. The molecule has 164 valence electrons. The van der Waals surface area contributed by atoms with Crippen LogP contribution in [0.1, 0.15) is 50.5 Å². The normalized spacial score (nSPS) is 11.9.